The summed E-state index contributed by atoms with van der Waals surface area (Å²) < 4.78 is 5.57. The quantitative estimate of drug-likeness (QED) is 0.418. The van der Waals surface area contributed by atoms with E-state index in [1.165, 1.54) is 0 Å². The molecular weight excluding hydrogens is 414 g/mol. The minimum absolute atomic E-state index is 0.365. The average Bonchev–Trinajstić information content (AvgIpc) is 3.39. The van der Waals surface area contributed by atoms with E-state index in [0.29, 0.717) is 17.4 Å². The minimum atomic E-state index is 0.365. The van der Waals surface area contributed by atoms with Gasteiger partial charge in [-0.2, -0.15) is 4.98 Å². The van der Waals surface area contributed by atoms with Gasteiger partial charge in [0.2, 0.25) is 5.82 Å². The molecule has 162 valence electrons. The molecule has 3 aromatic heterocycles. The highest BCUT2D eigenvalue weighted by Gasteiger charge is 2.23. The van der Waals surface area contributed by atoms with Gasteiger partial charge in [0, 0.05) is 48.7 Å². The number of rotatable bonds is 4. The van der Waals surface area contributed by atoms with Crippen molar-refractivity contribution in [2.24, 2.45) is 0 Å². The molecule has 1 saturated heterocycles. The van der Waals surface area contributed by atoms with E-state index in [4.69, 9.17) is 4.52 Å². The number of benzene rings is 2. The topological polar surface area (TPSA) is 84.1 Å². The van der Waals surface area contributed by atoms with E-state index in [-0.39, 0.29) is 0 Å². The lowest BCUT2D eigenvalue weighted by atomic mass is 10.1. The van der Waals surface area contributed by atoms with Crippen LogP contribution in [0, 0.1) is 0 Å². The summed E-state index contributed by atoms with van der Waals surface area (Å²) in [5, 5.41) is 15.2. The third-order valence-corrected chi connectivity index (χ3v) is 5.88. The number of pyridine rings is 1. The SMILES string of the molecule is c1ccc(-c2noc(-c3nnc(N4CCN(c5ccccn5)CC4)c4ccccc34)n2)cc1. The number of hydrogen-bond acceptors (Lipinski definition) is 8. The lowest BCUT2D eigenvalue weighted by Gasteiger charge is -2.36. The predicted octanol–water partition coefficient (Wildman–Crippen LogP) is 4.07. The second-order valence-electron chi connectivity index (χ2n) is 7.87. The number of piperazine rings is 1. The van der Waals surface area contributed by atoms with Crippen molar-refractivity contribution in [1.82, 2.24) is 25.3 Å². The number of fused-ring (bicyclic) bond motifs is 1. The Balaban J connectivity index is 1.31. The van der Waals surface area contributed by atoms with Crippen molar-refractivity contribution >= 4 is 22.4 Å². The maximum atomic E-state index is 5.57. The molecule has 8 nitrogen and oxygen atoms in total. The van der Waals surface area contributed by atoms with Crippen molar-refractivity contribution in [3.05, 3.63) is 79.0 Å². The maximum absolute atomic E-state index is 5.57. The fourth-order valence-electron chi connectivity index (χ4n) is 4.19. The summed E-state index contributed by atoms with van der Waals surface area (Å²) in [7, 11) is 0. The summed E-state index contributed by atoms with van der Waals surface area (Å²) in [6.07, 6.45) is 1.83. The summed E-state index contributed by atoms with van der Waals surface area (Å²) >= 11 is 0. The van der Waals surface area contributed by atoms with E-state index in [0.717, 1.165) is 54.2 Å². The molecule has 0 N–H and O–H groups in total. The zero-order chi connectivity index (χ0) is 22.0. The van der Waals surface area contributed by atoms with Crippen molar-refractivity contribution in [3.8, 4) is 23.0 Å². The van der Waals surface area contributed by atoms with Crippen molar-refractivity contribution in [1.29, 1.82) is 0 Å². The molecule has 0 atom stereocenters. The van der Waals surface area contributed by atoms with Gasteiger partial charge >= 0.3 is 0 Å². The van der Waals surface area contributed by atoms with Gasteiger partial charge in [0.1, 0.15) is 5.82 Å². The number of hydrogen-bond donors (Lipinski definition) is 0. The van der Waals surface area contributed by atoms with E-state index < -0.39 is 0 Å². The van der Waals surface area contributed by atoms with Gasteiger partial charge in [-0.1, -0.05) is 65.8 Å². The molecule has 2 aromatic carbocycles. The highest BCUT2D eigenvalue weighted by atomic mass is 16.5. The Hall–Kier alpha value is -4.33. The fraction of sp³-hybridized carbons (Fsp3) is 0.160. The molecule has 0 saturated carbocycles. The molecule has 0 radical (unpaired) electrons. The van der Waals surface area contributed by atoms with Crippen molar-refractivity contribution < 1.29 is 4.52 Å². The maximum Gasteiger partial charge on any atom is 0.279 e. The minimum Gasteiger partial charge on any atom is -0.353 e. The molecule has 33 heavy (non-hydrogen) atoms. The third-order valence-electron chi connectivity index (χ3n) is 5.88. The largest absolute Gasteiger partial charge is 0.353 e. The van der Waals surface area contributed by atoms with Crippen LogP contribution in [0.25, 0.3) is 33.7 Å². The average molecular weight is 435 g/mol. The van der Waals surface area contributed by atoms with Crippen LogP contribution in [0.1, 0.15) is 0 Å². The first-order valence-corrected chi connectivity index (χ1v) is 10.9. The number of anilines is 2. The van der Waals surface area contributed by atoms with Gasteiger partial charge in [-0.15, -0.1) is 10.2 Å². The molecule has 6 rings (SSSR count). The zero-order valence-electron chi connectivity index (χ0n) is 17.9. The van der Waals surface area contributed by atoms with Crippen molar-refractivity contribution in [3.63, 3.8) is 0 Å². The van der Waals surface area contributed by atoms with Crippen molar-refractivity contribution in [2.75, 3.05) is 36.0 Å². The van der Waals surface area contributed by atoms with Crippen LogP contribution in [0.2, 0.25) is 0 Å². The predicted molar refractivity (Wildman–Crippen MR) is 127 cm³/mol. The van der Waals surface area contributed by atoms with Gasteiger partial charge in [-0.05, 0) is 12.1 Å². The molecule has 0 amide bonds. The molecular formula is C25H21N7O. The van der Waals surface area contributed by atoms with Gasteiger partial charge in [-0.25, -0.2) is 4.98 Å². The zero-order valence-corrected chi connectivity index (χ0v) is 17.9. The summed E-state index contributed by atoms with van der Waals surface area (Å²) in [5.74, 6) is 2.78. The molecule has 5 aromatic rings. The van der Waals surface area contributed by atoms with E-state index in [1.807, 2.05) is 72.9 Å². The second-order valence-corrected chi connectivity index (χ2v) is 7.87. The van der Waals surface area contributed by atoms with Crippen LogP contribution in [0.4, 0.5) is 11.6 Å². The Morgan fingerprint density at radius 3 is 2.21 bits per heavy atom. The van der Waals surface area contributed by atoms with Crippen molar-refractivity contribution in [2.45, 2.75) is 0 Å². The molecule has 1 aliphatic rings. The van der Waals surface area contributed by atoms with Crippen LogP contribution in [0.5, 0.6) is 0 Å². The lowest BCUT2D eigenvalue weighted by molar-refractivity contribution is 0.431. The monoisotopic (exact) mass is 435 g/mol. The third kappa shape index (κ3) is 3.65. The van der Waals surface area contributed by atoms with E-state index >= 15 is 0 Å². The highest BCUT2D eigenvalue weighted by Crippen LogP contribution is 2.32. The number of nitrogens with zero attached hydrogens (tertiary/aromatic N) is 7. The lowest BCUT2D eigenvalue weighted by Crippen LogP contribution is -2.47. The Kier molecular flexibility index (Phi) is 4.88. The van der Waals surface area contributed by atoms with E-state index in [9.17, 15) is 0 Å². The Bertz CT molecular complexity index is 1380. The van der Waals surface area contributed by atoms with Gasteiger partial charge < -0.3 is 14.3 Å². The van der Waals surface area contributed by atoms with Gasteiger partial charge in [0.05, 0.1) is 0 Å². The van der Waals surface area contributed by atoms with Crippen LogP contribution in [-0.2, 0) is 0 Å². The molecule has 4 heterocycles. The first-order chi connectivity index (χ1) is 16.4. The van der Waals surface area contributed by atoms with Crippen LogP contribution in [0.3, 0.4) is 0 Å². The molecule has 0 spiro atoms. The van der Waals surface area contributed by atoms with Gasteiger partial charge in [0.15, 0.2) is 11.5 Å². The van der Waals surface area contributed by atoms with E-state index in [2.05, 4.69) is 41.2 Å². The summed E-state index contributed by atoms with van der Waals surface area (Å²) in [5.41, 5.74) is 1.49. The highest BCUT2D eigenvalue weighted by molar-refractivity contribution is 5.99. The fourth-order valence-corrected chi connectivity index (χ4v) is 4.19. The molecule has 0 aliphatic carbocycles. The Morgan fingerprint density at radius 1 is 0.697 bits per heavy atom. The van der Waals surface area contributed by atoms with Gasteiger partial charge in [-0.3, -0.25) is 0 Å². The standard InChI is InChI=1S/C25H21N7O/c1-2-8-18(9-3-1)23-27-25(33-30-23)22-19-10-4-5-11-20(19)24(29-28-22)32-16-14-31(15-17-32)21-12-6-7-13-26-21/h1-13H,14-17H2. The molecule has 1 fully saturated rings. The molecule has 0 bridgehead atoms. The Morgan fingerprint density at radius 2 is 1.42 bits per heavy atom. The molecule has 1 aliphatic heterocycles. The van der Waals surface area contributed by atoms with Crippen LogP contribution < -0.4 is 9.80 Å². The summed E-state index contributed by atoms with van der Waals surface area (Å²) in [6.45, 7) is 3.43. The van der Waals surface area contributed by atoms with Crippen LogP contribution >= 0.6 is 0 Å². The molecule has 0 unspecified atom stereocenters. The van der Waals surface area contributed by atoms with E-state index in [1.54, 1.807) is 0 Å². The Labute approximate surface area is 190 Å². The molecule has 8 heteroatoms. The first kappa shape index (κ1) is 19.4. The van der Waals surface area contributed by atoms with Crippen LogP contribution in [-0.4, -0.2) is 51.5 Å². The summed E-state index contributed by atoms with van der Waals surface area (Å²) in [4.78, 5) is 13.6. The van der Waals surface area contributed by atoms with Crippen LogP contribution in [0.15, 0.2) is 83.5 Å². The smallest absolute Gasteiger partial charge is 0.279 e. The number of aromatic nitrogens is 5. The van der Waals surface area contributed by atoms with Gasteiger partial charge in [0.25, 0.3) is 5.89 Å². The first-order valence-electron chi connectivity index (χ1n) is 10.9. The summed E-state index contributed by atoms with van der Waals surface area (Å²) in [6, 6.07) is 23.9. The second kappa shape index (κ2) is 8.31. The normalized spacial score (nSPS) is 14.1.